The van der Waals surface area contributed by atoms with E-state index in [9.17, 15) is 4.79 Å². The van der Waals surface area contributed by atoms with Gasteiger partial charge in [-0.05, 0) is 47.9 Å². The number of benzene rings is 2. The van der Waals surface area contributed by atoms with Gasteiger partial charge in [0, 0.05) is 29.9 Å². The van der Waals surface area contributed by atoms with Crippen molar-refractivity contribution in [2.75, 3.05) is 13.2 Å². The highest BCUT2D eigenvalue weighted by molar-refractivity contribution is 6.31. The molecule has 0 radical (unpaired) electrons. The van der Waals surface area contributed by atoms with Crippen LogP contribution in [0.25, 0.3) is 10.9 Å². The quantitative estimate of drug-likeness (QED) is 0.483. The Morgan fingerprint density at radius 1 is 1.06 bits per heavy atom. The van der Waals surface area contributed by atoms with Crippen molar-refractivity contribution in [2.24, 2.45) is 0 Å². The van der Waals surface area contributed by atoms with Crippen LogP contribution in [0.15, 0.2) is 77.7 Å². The Balaban J connectivity index is 1.36. The van der Waals surface area contributed by atoms with Crippen molar-refractivity contribution in [2.45, 2.75) is 19.2 Å². The van der Waals surface area contributed by atoms with Crippen LogP contribution in [0, 0.1) is 0 Å². The minimum Gasteiger partial charge on any atom is -0.486 e. The van der Waals surface area contributed by atoms with Crippen molar-refractivity contribution in [1.29, 1.82) is 0 Å². The molecule has 0 spiro atoms. The second kappa shape index (κ2) is 9.02. The monoisotopic (exact) mass is 447 g/mol. The second-order valence-electron chi connectivity index (χ2n) is 7.71. The number of rotatable bonds is 6. The van der Waals surface area contributed by atoms with Crippen molar-refractivity contribution < 1.29 is 9.47 Å². The molecule has 32 heavy (non-hydrogen) atoms. The number of ether oxygens (including phenoxy) is 2. The predicted molar refractivity (Wildman–Crippen MR) is 125 cm³/mol. The molecule has 5 rings (SSSR count). The molecule has 4 aromatic rings. The van der Waals surface area contributed by atoms with Gasteiger partial charge in [-0.2, -0.15) is 0 Å². The Kier molecular flexibility index (Phi) is 5.79. The molecule has 0 saturated heterocycles. The molecular weight excluding hydrogens is 426 g/mol. The summed E-state index contributed by atoms with van der Waals surface area (Å²) in [5, 5.41) is 4.89. The number of fused-ring (bicyclic) bond motifs is 2. The number of nitrogens with zero attached hydrogens (tertiary/aromatic N) is 2. The highest BCUT2D eigenvalue weighted by atomic mass is 35.5. The van der Waals surface area contributed by atoms with Crippen LogP contribution in [0.2, 0.25) is 5.02 Å². The smallest absolute Gasteiger partial charge is 0.255 e. The molecule has 1 aliphatic rings. The molecule has 0 bridgehead atoms. The lowest BCUT2D eigenvalue weighted by Crippen LogP contribution is -2.39. The maximum Gasteiger partial charge on any atom is 0.255 e. The van der Waals surface area contributed by atoms with Gasteiger partial charge >= 0.3 is 0 Å². The van der Waals surface area contributed by atoms with E-state index >= 15 is 0 Å². The van der Waals surface area contributed by atoms with Gasteiger partial charge in [0.15, 0.2) is 11.5 Å². The molecule has 6 nitrogen and oxygen atoms in total. The largest absolute Gasteiger partial charge is 0.486 e. The Hall–Kier alpha value is -3.35. The van der Waals surface area contributed by atoms with E-state index in [4.69, 9.17) is 21.1 Å². The Morgan fingerprint density at radius 3 is 2.75 bits per heavy atom. The van der Waals surface area contributed by atoms with Crippen molar-refractivity contribution in [3.05, 3.63) is 99.6 Å². The fraction of sp³-hybridized carbons (Fsp3) is 0.200. The normalized spacial score (nSPS) is 15.1. The molecule has 1 aliphatic heterocycles. The summed E-state index contributed by atoms with van der Waals surface area (Å²) in [4.78, 5) is 17.7. The number of nitrogens with one attached hydrogen (secondary N) is 1. The second-order valence-corrected chi connectivity index (χ2v) is 8.15. The molecular formula is C25H22ClN3O3. The standard InChI is InChI=1S/C25H22ClN3O3/c26-19-9-8-17-11-18(13-27-14-21-16-31-23-6-1-2-7-24(23)32-21)25(30)29(22(17)12-19)15-20-5-3-4-10-28-20/h1-12,21,27H,13-16H2/t21-/m1/s1. The van der Waals surface area contributed by atoms with Crippen LogP contribution in [-0.4, -0.2) is 28.8 Å². The first-order valence-corrected chi connectivity index (χ1v) is 10.9. The molecule has 0 unspecified atom stereocenters. The van der Waals surface area contributed by atoms with Crippen molar-refractivity contribution >= 4 is 22.5 Å². The van der Waals surface area contributed by atoms with Crippen molar-refractivity contribution in [1.82, 2.24) is 14.9 Å². The van der Waals surface area contributed by atoms with Crippen LogP contribution in [0.3, 0.4) is 0 Å². The van der Waals surface area contributed by atoms with E-state index in [1.165, 1.54) is 0 Å². The highest BCUT2D eigenvalue weighted by Gasteiger charge is 2.20. The molecule has 0 saturated carbocycles. The number of aromatic nitrogens is 2. The summed E-state index contributed by atoms with van der Waals surface area (Å²) >= 11 is 6.22. The van der Waals surface area contributed by atoms with Gasteiger partial charge in [0.25, 0.3) is 5.56 Å². The van der Waals surface area contributed by atoms with E-state index in [-0.39, 0.29) is 11.7 Å². The molecule has 162 valence electrons. The maximum absolute atomic E-state index is 13.3. The van der Waals surface area contributed by atoms with Gasteiger partial charge in [-0.3, -0.25) is 9.78 Å². The predicted octanol–water partition coefficient (Wildman–Crippen LogP) is 4.03. The lowest BCUT2D eigenvalue weighted by Gasteiger charge is -2.26. The Labute approximate surface area is 190 Å². The van der Waals surface area contributed by atoms with Crippen LogP contribution in [0.4, 0.5) is 0 Å². The maximum atomic E-state index is 13.3. The average molecular weight is 448 g/mol. The molecule has 1 atom stereocenters. The van der Waals surface area contributed by atoms with Crippen LogP contribution in [0.5, 0.6) is 11.5 Å². The number of hydrogen-bond acceptors (Lipinski definition) is 5. The van der Waals surface area contributed by atoms with E-state index in [1.807, 2.05) is 66.7 Å². The minimum absolute atomic E-state index is 0.0657. The highest BCUT2D eigenvalue weighted by Crippen LogP contribution is 2.30. The summed E-state index contributed by atoms with van der Waals surface area (Å²) in [6.45, 7) is 1.82. The van der Waals surface area contributed by atoms with E-state index in [1.54, 1.807) is 10.8 Å². The SMILES string of the molecule is O=c1c(CNC[C@@H]2COc3ccccc3O2)cc2ccc(Cl)cc2n1Cc1ccccn1. The van der Waals surface area contributed by atoms with Gasteiger partial charge < -0.3 is 19.4 Å². The van der Waals surface area contributed by atoms with Gasteiger partial charge in [-0.25, -0.2) is 0 Å². The van der Waals surface area contributed by atoms with Gasteiger partial charge in [-0.1, -0.05) is 35.9 Å². The first-order valence-electron chi connectivity index (χ1n) is 10.5. The zero-order chi connectivity index (χ0) is 21.9. The van der Waals surface area contributed by atoms with Crippen LogP contribution in [0.1, 0.15) is 11.3 Å². The first-order chi connectivity index (χ1) is 15.7. The third-order valence-electron chi connectivity index (χ3n) is 5.43. The number of pyridine rings is 2. The summed E-state index contributed by atoms with van der Waals surface area (Å²) < 4.78 is 13.5. The van der Waals surface area contributed by atoms with Crippen LogP contribution in [-0.2, 0) is 13.1 Å². The van der Waals surface area contributed by atoms with E-state index in [0.717, 1.165) is 28.1 Å². The lowest BCUT2D eigenvalue weighted by molar-refractivity contribution is 0.0902. The average Bonchev–Trinajstić information content (AvgIpc) is 2.82. The Bertz CT molecular complexity index is 1310. The summed E-state index contributed by atoms with van der Waals surface area (Å²) in [6.07, 6.45) is 1.60. The molecule has 0 fully saturated rings. The zero-order valence-corrected chi connectivity index (χ0v) is 18.1. The zero-order valence-electron chi connectivity index (χ0n) is 17.3. The molecule has 2 aromatic carbocycles. The number of para-hydroxylation sites is 2. The van der Waals surface area contributed by atoms with Gasteiger partial charge in [0.2, 0.25) is 0 Å². The van der Waals surface area contributed by atoms with E-state index < -0.39 is 0 Å². The first kappa shape index (κ1) is 20.5. The fourth-order valence-corrected chi connectivity index (χ4v) is 4.04. The summed E-state index contributed by atoms with van der Waals surface area (Å²) in [5.74, 6) is 1.50. The van der Waals surface area contributed by atoms with Gasteiger partial charge in [-0.15, -0.1) is 0 Å². The minimum atomic E-state index is -0.125. The third-order valence-corrected chi connectivity index (χ3v) is 5.67. The van der Waals surface area contributed by atoms with Gasteiger partial charge in [0.05, 0.1) is 17.8 Å². The fourth-order valence-electron chi connectivity index (χ4n) is 3.87. The molecule has 2 aromatic heterocycles. The number of halogens is 1. The summed E-state index contributed by atoms with van der Waals surface area (Å²) in [5.41, 5.74) is 2.21. The van der Waals surface area contributed by atoms with E-state index in [2.05, 4.69) is 10.3 Å². The molecule has 1 N–H and O–H groups in total. The summed E-state index contributed by atoms with van der Waals surface area (Å²) in [7, 11) is 0. The molecule has 0 aliphatic carbocycles. The molecule has 7 heteroatoms. The van der Waals surface area contributed by atoms with Crippen molar-refractivity contribution in [3.8, 4) is 11.5 Å². The third kappa shape index (κ3) is 4.33. The van der Waals surface area contributed by atoms with Crippen LogP contribution >= 0.6 is 11.6 Å². The lowest BCUT2D eigenvalue weighted by atomic mass is 10.1. The number of hydrogen-bond donors (Lipinski definition) is 1. The van der Waals surface area contributed by atoms with Crippen LogP contribution < -0.4 is 20.3 Å². The molecule has 0 amide bonds. The van der Waals surface area contributed by atoms with Gasteiger partial charge in [0.1, 0.15) is 12.7 Å². The Morgan fingerprint density at radius 2 is 1.91 bits per heavy atom. The molecule has 3 heterocycles. The summed E-state index contributed by atoms with van der Waals surface area (Å²) in [6, 6.07) is 20.8. The topological polar surface area (TPSA) is 65.4 Å². The van der Waals surface area contributed by atoms with E-state index in [0.29, 0.717) is 36.8 Å². The van der Waals surface area contributed by atoms with Crippen molar-refractivity contribution in [3.63, 3.8) is 0 Å².